The van der Waals surface area contributed by atoms with Gasteiger partial charge >= 0.3 is 5.97 Å². The molecule has 0 unspecified atom stereocenters. The van der Waals surface area contributed by atoms with E-state index in [0.717, 1.165) is 5.56 Å². The van der Waals surface area contributed by atoms with E-state index in [1.54, 1.807) is 32.1 Å². The van der Waals surface area contributed by atoms with Crippen LogP contribution in [0.5, 0.6) is 5.75 Å². The summed E-state index contributed by atoms with van der Waals surface area (Å²) in [5.74, 6) is 0.0196. The van der Waals surface area contributed by atoms with E-state index in [4.69, 9.17) is 9.26 Å². The highest BCUT2D eigenvalue weighted by molar-refractivity contribution is 6.20. The van der Waals surface area contributed by atoms with Crippen molar-refractivity contribution >= 4 is 17.6 Å². The molecule has 0 aliphatic heterocycles. The molecule has 110 valence electrons. The smallest absolute Gasteiger partial charge is 0.341 e. The number of hydrogen-bond donors (Lipinski definition) is 1. The van der Waals surface area contributed by atoms with Gasteiger partial charge in [-0.1, -0.05) is 17.3 Å². The Balaban J connectivity index is 2.56. The van der Waals surface area contributed by atoms with Crippen LogP contribution in [0.1, 0.15) is 28.1 Å². The second kappa shape index (κ2) is 5.83. The van der Waals surface area contributed by atoms with Crippen LogP contribution in [-0.4, -0.2) is 23.3 Å². The van der Waals surface area contributed by atoms with Crippen LogP contribution in [0.4, 0.5) is 0 Å². The fourth-order valence-corrected chi connectivity index (χ4v) is 1.99. The van der Waals surface area contributed by atoms with Gasteiger partial charge in [-0.05, 0) is 43.5 Å². The minimum absolute atomic E-state index is 0.210. The number of aryl methyl sites for hydroxylation is 2. The van der Waals surface area contributed by atoms with E-state index in [1.165, 1.54) is 7.11 Å². The predicted molar refractivity (Wildman–Crippen MR) is 78.7 cm³/mol. The molecule has 0 bridgehead atoms. The maximum atomic E-state index is 11.9. The number of methoxy groups -OCH3 is 1. The molecule has 0 saturated heterocycles. The molecule has 0 radical (unpaired) electrons. The topological polar surface area (TPSA) is 72.6 Å². The number of nitrogens with zero attached hydrogens (tertiary/aromatic N) is 1. The quantitative estimate of drug-likeness (QED) is 0.694. The van der Waals surface area contributed by atoms with Gasteiger partial charge in [-0.3, -0.25) is 0 Å². The highest BCUT2D eigenvalue weighted by Crippen LogP contribution is 2.28. The van der Waals surface area contributed by atoms with Crippen LogP contribution in [0.2, 0.25) is 0 Å². The van der Waals surface area contributed by atoms with Crippen LogP contribution in [0.25, 0.3) is 11.6 Å². The number of rotatable bonds is 3. The molecule has 0 aliphatic rings. The van der Waals surface area contributed by atoms with Crippen molar-refractivity contribution in [2.75, 3.05) is 7.11 Å². The standard InChI is InChI=1S/C16H17NO4/c1-9-5-6-12(11(3)15(9)18)8-13(16(19)20-4)14-7-10(2)17-21-14/h5-8,18H,1-4H3/b13-8-. The van der Waals surface area contributed by atoms with Crippen molar-refractivity contribution in [2.24, 2.45) is 0 Å². The van der Waals surface area contributed by atoms with Gasteiger partial charge in [0.05, 0.1) is 12.8 Å². The zero-order chi connectivity index (χ0) is 15.6. The zero-order valence-corrected chi connectivity index (χ0v) is 12.4. The average molecular weight is 287 g/mol. The molecule has 2 aromatic rings. The van der Waals surface area contributed by atoms with Crippen LogP contribution in [0.3, 0.4) is 0 Å². The summed E-state index contributed by atoms with van der Waals surface area (Å²) in [7, 11) is 1.30. The van der Waals surface area contributed by atoms with Gasteiger partial charge in [-0.25, -0.2) is 4.79 Å². The molecular formula is C16H17NO4. The Kier molecular flexibility index (Phi) is 4.12. The molecule has 0 spiro atoms. The number of phenolic OH excluding ortho intramolecular Hbond substituents is 1. The van der Waals surface area contributed by atoms with Gasteiger partial charge < -0.3 is 14.4 Å². The number of ether oxygens (including phenoxy) is 1. The van der Waals surface area contributed by atoms with Gasteiger partial charge in [0.15, 0.2) is 5.76 Å². The maximum absolute atomic E-state index is 11.9. The van der Waals surface area contributed by atoms with Crippen LogP contribution in [-0.2, 0) is 9.53 Å². The van der Waals surface area contributed by atoms with Crippen LogP contribution >= 0.6 is 0 Å². The Hall–Kier alpha value is -2.56. The van der Waals surface area contributed by atoms with E-state index in [2.05, 4.69) is 5.16 Å². The Labute approximate surface area is 122 Å². The SMILES string of the molecule is COC(=O)/C(=C\c1ccc(C)c(O)c1C)c1cc(C)no1. The highest BCUT2D eigenvalue weighted by atomic mass is 16.5. The number of esters is 1. The molecule has 0 aliphatic carbocycles. The fraction of sp³-hybridized carbons (Fsp3) is 0.250. The monoisotopic (exact) mass is 287 g/mol. The Bertz CT molecular complexity index is 713. The molecule has 1 heterocycles. The first-order valence-electron chi connectivity index (χ1n) is 6.47. The number of benzene rings is 1. The molecule has 1 N–H and O–H groups in total. The summed E-state index contributed by atoms with van der Waals surface area (Å²) < 4.78 is 9.92. The number of aromatic hydroxyl groups is 1. The molecule has 5 heteroatoms. The Morgan fingerprint density at radius 1 is 1.33 bits per heavy atom. The Morgan fingerprint density at radius 3 is 2.62 bits per heavy atom. The molecule has 1 aromatic heterocycles. The summed E-state index contributed by atoms with van der Waals surface area (Å²) in [5, 5.41) is 13.8. The van der Waals surface area contributed by atoms with Gasteiger partial charge in [0.1, 0.15) is 11.3 Å². The van der Waals surface area contributed by atoms with Gasteiger partial charge in [0, 0.05) is 6.07 Å². The normalized spacial score (nSPS) is 11.5. The van der Waals surface area contributed by atoms with E-state index in [1.807, 2.05) is 13.0 Å². The van der Waals surface area contributed by atoms with Crippen molar-refractivity contribution in [3.8, 4) is 5.75 Å². The first kappa shape index (κ1) is 14.8. The fourth-order valence-electron chi connectivity index (χ4n) is 1.99. The summed E-state index contributed by atoms with van der Waals surface area (Å²) in [6.45, 7) is 5.37. The largest absolute Gasteiger partial charge is 0.507 e. The van der Waals surface area contributed by atoms with E-state index in [-0.39, 0.29) is 11.3 Å². The molecule has 2 rings (SSSR count). The minimum atomic E-state index is -0.523. The first-order valence-corrected chi connectivity index (χ1v) is 6.47. The van der Waals surface area contributed by atoms with Gasteiger partial charge in [-0.15, -0.1) is 0 Å². The van der Waals surface area contributed by atoms with Crippen LogP contribution < -0.4 is 0 Å². The van der Waals surface area contributed by atoms with Crippen LogP contribution in [0, 0.1) is 20.8 Å². The summed E-state index contributed by atoms with van der Waals surface area (Å²) in [6, 6.07) is 5.28. The van der Waals surface area contributed by atoms with Crippen molar-refractivity contribution in [3.05, 3.63) is 46.3 Å². The van der Waals surface area contributed by atoms with E-state index in [9.17, 15) is 9.90 Å². The first-order chi connectivity index (χ1) is 9.93. The van der Waals surface area contributed by atoms with Gasteiger partial charge in [0.25, 0.3) is 0 Å². The van der Waals surface area contributed by atoms with Crippen molar-refractivity contribution in [1.29, 1.82) is 0 Å². The number of carbonyl (C=O) groups is 1. The molecule has 0 amide bonds. The summed E-state index contributed by atoms with van der Waals surface area (Å²) >= 11 is 0. The molecule has 21 heavy (non-hydrogen) atoms. The molecule has 0 atom stereocenters. The lowest BCUT2D eigenvalue weighted by atomic mass is 10.0. The summed E-state index contributed by atoms with van der Waals surface area (Å²) in [4.78, 5) is 11.9. The second-order valence-corrected chi connectivity index (χ2v) is 4.83. The molecule has 0 saturated carbocycles. The highest BCUT2D eigenvalue weighted by Gasteiger charge is 2.18. The second-order valence-electron chi connectivity index (χ2n) is 4.83. The van der Waals surface area contributed by atoms with Crippen molar-refractivity contribution in [1.82, 2.24) is 5.16 Å². The number of hydrogen-bond acceptors (Lipinski definition) is 5. The third kappa shape index (κ3) is 2.97. The predicted octanol–water partition coefficient (Wildman–Crippen LogP) is 3.02. The lowest BCUT2D eigenvalue weighted by Gasteiger charge is -2.08. The Morgan fingerprint density at radius 2 is 2.05 bits per heavy atom. The molecule has 0 fully saturated rings. The number of phenols is 1. The average Bonchev–Trinajstić information content (AvgIpc) is 2.89. The van der Waals surface area contributed by atoms with Crippen molar-refractivity contribution in [2.45, 2.75) is 20.8 Å². The van der Waals surface area contributed by atoms with Crippen molar-refractivity contribution in [3.63, 3.8) is 0 Å². The third-order valence-corrected chi connectivity index (χ3v) is 3.27. The van der Waals surface area contributed by atoms with Crippen LogP contribution in [0.15, 0.2) is 22.7 Å². The summed E-state index contributed by atoms with van der Waals surface area (Å²) in [6.07, 6.45) is 1.63. The van der Waals surface area contributed by atoms with E-state index < -0.39 is 5.97 Å². The zero-order valence-electron chi connectivity index (χ0n) is 12.4. The number of aromatic nitrogens is 1. The van der Waals surface area contributed by atoms with E-state index in [0.29, 0.717) is 22.6 Å². The van der Waals surface area contributed by atoms with Gasteiger partial charge in [0.2, 0.25) is 0 Å². The van der Waals surface area contributed by atoms with Crippen molar-refractivity contribution < 1.29 is 19.2 Å². The molecule has 1 aromatic carbocycles. The molecule has 5 nitrogen and oxygen atoms in total. The summed E-state index contributed by atoms with van der Waals surface area (Å²) in [5.41, 5.74) is 3.10. The van der Waals surface area contributed by atoms with Gasteiger partial charge in [-0.2, -0.15) is 0 Å². The maximum Gasteiger partial charge on any atom is 0.341 e. The third-order valence-electron chi connectivity index (χ3n) is 3.27. The molecular weight excluding hydrogens is 270 g/mol. The number of carbonyl (C=O) groups excluding carboxylic acids is 1. The lowest BCUT2D eigenvalue weighted by Crippen LogP contribution is -2.03. The van der Waals surface area contributed by atoms with E-state index >= 15 is 0 Å². The lowest BCUT2D eigenvalue weighted by molar-refractivity contribution is -0.133. The minimum Gasteiger partial charge on any atom is -0.507 e.